The molecule has 1 aliphatic rings. The maximum absolute atomic E-state index is 12.2. The molecule has 31 heavy (non-hydrogen) atoms. The van der Waals surface area contributed by atoms with Crippen molar-refractivity contribution in [1.29, 1.82) is 0 Å². The van der Waals surface area contributed by atoms with Crippen LogP contribution in [0.4, 0.5) is 0 Å². The summed E-state index contributed by atoms with van der Waals surface area (Å²) in [5, 5.41) is 6.74. The third-order valence-electron chi connectivity index (χ3n) is 4.67. The first-order chi connectivity index (χ1) is 14.8. The third-order valence-corrected chi connectivity index (χ3v) is 4.94. The molecular weight excluding hydrogens is 420 g/mol. The Morgan fingerprint density at radius 1 is 1.35 bits per heavy atom. The molecule has 0 saturated carbocycles. The Morgan fingerprint density at radius 2 is 2.13 bits per heavy atom. The van der Waals surface area contributed by atoms with Crippen LogP contribution in [0.3, 0.4) is 0 Å². The maximum Gasteiger partial charge on any atom is 0.273 e. The van der Waals surface area contributed by atoms with Gasteiger partial charge in [0.05, 0.1) is 17.7 Å². The van der Waals surface area contributed by atoms with Crippen molar-refractivity contribution >= 4 is 29.1 Å². The smallest absolute Gasteiger partial charge is 0.273 e. The van der Waals surface area contributed by atoms with Gasteiger partial charge in [0, 0.05) is 25.2 Å². The highest BCUT2D eigenvalue weighted by Crippen LogP contribution is 2.27. The largest absolute Gasteiger partial charge is 0.477 e. The van der Waals surface area contributed by atoms with Crippen LogP contribution in [-0.4, -0.2) is 48.8 Å². The molecule has 0 bridgehead atoms. The Labute approximate surface area is 186 Å². The Morgan fingerprint density at radius 3 is 2.81 bits per heavy atom. The van der Waals surface area contributed by atoms with Gasteiger partial charge >= 0.3 is 0 Å². The topological polar surface area (TPSA) is 94.4 Å². The number of benzene rings is 1. The van der Waals surface area contributed by atoms with Gasteiger partial charge < -0.3 is 19.6 Å². The number of nitrogens with zero attached hydrogens (tertiary/aromatic N) is 3. The number of rotatable bonds is 7. The summed E-state index contributed by atoms with van der Waals surface area (Å²) in [6, 6.07) is 8.97. The summed E-state index contributed by atoms with van der Waals surface area (Å²) in [7, 11) is 2.91. The van der Waals surface area contributed by atoms with Crippen molar-refractivity contribution in [2.75, 3.05) is 20.8 Å². The number of pyridine rings is 1. The zero-order chi connectivity index (χ0) is 22.4. The van der Waals surface area contributed by atoms with Crippen molar-refractivity contribution in [3.8, 4) is 5.88 Å². The number of oxime groups is 1. The molecule has 8 nitrogen and oxygen atoms in total. The third kappa shape index (κ3) is 5.52. The lowest BCUT2D eigenvalue weighted by atomic mass is 10.0. The molecule has 0 radical (unpaired) electrons. The van der Waals surface area contributed by atoms with Crippen molar-refractivity contribution < 1.29 is 19.1 Å². The quantitative estimate of drug-likeness (QED) is 0.522. The SMILES string of the molecule is CNC(=O)C(=NOC)c1ccccc1COc1ncc(C2=NC(C)(C)CCO2)cc1Cl. The van der Waals surface area contributed by atoms with Crippen LogP contribution in [0.1, 0.15) is 37.0 Å². The number of aromatic nitrogens is 1. The average molecular weight is 445 g/mol. The molecule has 9 heteroatoms. The maximum atomic E-state index is 12.2. The van der Waals surface area contributed by atoms with Gasteiger partial charge in [0.1, 0.15) is 18.7 Å². The zero-order valence-electron chi connectivity index (χ0n) is 17.9. The van der Waals surface area contributed by atoms with E-state index in [2.05, 4.69) is 34.3 Å². The monoisotopic (exact) mass is 444 g/mol. The molecule has 2 aromatic rings. The summed E-state index contributed by atoms with van der Waals surface area (Å²) in [6.07, 6.45) is 2.47. The summed E-state index contributed by atoms with van der Waals surface area (Å²) >= 11 is 6.40. The molecule has 1 aromatic heterocycles. The number of aliphatic imine (C=N–C) groups is 1. The van der Waals surface area contributed by atoms with Crippen molar-refractivity contribution in [2.45, 2.75) is 32.4 Å². The number of likely N-dealkylation sites (N-methyl/N-ethyl adjacent to an activating group) is 1. The highest BCUT2D eigenvalue weighted by atomic mass is 35.5. The number of nitrogens with one attached hydrogen (secondary N) is 1. The fourth-order valence-corrected chi connectivity index (χ4v) is 3.22. The van der Waals surface area contributed by atoms with Crippen molar-refractivity contribution in [2.24, 2.45) is 10.1 Å². The van der Waals surface area contributed by atoms with Crippen LogP contribution in [0.25, 0.3) is 0 Å². The first kappa shape index (κ1) is 22.6. The molecular formula is C22H25ClN4O4. The molecule has 0 atom stereocenters. The number of amides is 1. The molecule has 1 aliphatic heterocycles. The van der Waals surface area contributed by atoms with Gasteiger partial charge in [-0.3, -0.25) is 4.79 Å². The van der Waals surface area contributed by atoms with E-state index in [0.29, 0.717) is 28.7 Å². The highest BCUT2D eigenvalue weighted by Gasteiger charge is 2.24. The lowest BCUT2D eigenvalue weighted by Crippen LogP contribution is -2.29. The van der Waals surface area contributed by atoms with Gasteiger partial charge in [-0.05, 0) is 25.5 Å². The van der Waals surface area contributed by atoms with Gasteiger partial charge in [-0.2, -0.15) is 0 Å². The molecule has 3 rings (SSSR count). The van der Waals surface area contributed by atoms with Gasteiger partial charge in [0.2, 0.25) is 11.8 Å². The van der Waals surface area contributed by atoms with E-state index in [-0.39, 0.29) is 29.6 Å². The molecule has 1 amide bonds. The fourth-order valence-electron chi connectivity index (χ4n) is 3.00. The highest BCUT2D eigenvalue weighted by molar-refractivity contribution is 6.45. The molecule has 164 valence electrons. The second-order valence-electron chi connectivity index (χ2n) is 7.49. The van der Waals surface area contributed by atoms with E-state index in [4.69, 9.17) is 25.9 Å². The van der Waals surface area contributed by atoms with Crippen LogP contribution in [0, 0.1) is 0 Å². The molecule has 0 fully saturated rings. The number of hydrogen-bond donors (Lipinski definition) is 1. The van der Waals surface area contributed by atoms with Crippen LogP contribution in [0.15, 0.2) is 46.7 Å². The van der Waals surface area contributed by atoms with Gasteiger partial charge in [-0.25, -0.2) is 9.98 Å². The van der Waals surface area contributed by atoms with Crippen molar-refractivity contribution in [3.05, 3.63) is 58.2 Å². The Hall–Kier alpha value is -3.13. The molecule has 0 unspecified atom stereocenters. The minimum absolute atomic E-state index is 0.131. The summed E-state index contributed by atoms with van der Waals surface area (Å²) in [6.45, 7) is 4.83. The standard InChI is InChI=1S/C22H25ClN4O4/c1-22(2)9-10-30-20(26-22)15-11-17(23)21(25-12-15)31-13-14-7-5-6-8-16(14)18(27-29-4)19(28)24-3/h5-8,11-12H,9-10,13H2,1-4H3,(H,24,28). The minimum Gasteiger partial charge on any atom is -0.477 e. The van der Waals surface area contributed by atoms with Gasteiger partial charge in [0.15, 0.2) is 5.71 Å². The molecule has 0 saturated heterocycles. The number of halogens is 1. The normalized spacial score (nSPS) is 15.5. The first-order valence-corrected chi connectivity index (χ1v) is 10.2. The predicted octanol–water partition coefficient (Wildman–Crippen LogP) is 3.36. The van der Waals surface area contributed by atoms with E-state index in [1.54, 1.807) is 24.4 Å². The molecule has 2 heterocycles. The summed E-state index contributed by atoms with van der Waals surface area (Å²) < 4.78 is 11.5. The Balaban J connectivity index is 1.81. The van der Waals surface area contributed by atoms with E-state index >= 15 is 0 Å². The summed E-state index contributed by atoms with van der Waals surface area (Å²) in [5.74, 6) is 0.417. The fraction of sp³-hybridized carbons (Fsp3) is 0.364. The first-order valence-electron chi connectivity index (χ1n) is 9.77. The lowest BCUT2D eigenvalue weighted by molar-refractivity contribution is -0.114. The van der Waals surface area contributed by atoms with Crippen LogP contribution < -0.4 is 10.1 Å². The van der Waals surface area contributed by atoms with Crippen LogP contribution in [-0.2, 0) is 21.0 Å². The van der Waals surface area contributed by atoms with Gasteiger partial charge in [-0.1, -0.05) is 41.0 Å². The van der Waals surface area contributed by atoms with Crippen molar-refractivity contribution in [3.63, 3.8) is 0 Å². The number of carbonyl (C=O) groups is 1. The van der Waals surface area contributed by atoms with Gasteiger partial charge in [-0.15, -0.1) is 0 Å². The number of ether oxygens (including phenoxy) is 2. The minimum atomic E-state index is -0.369. The van der Waals surface area contributed by atoms with Crippen molar-refractivity contribution in [1.82, 2.24) is 10.3 Å². The number of hydrogen-bond acceptors (Lipinski definition) is 7. The zero-order valence-corrected chi connectivity index (χ0v) is 18.7. The molecule has 0 aliphatic carbocycles. The van der Waals surface area contributed by atoms with E-state index in [1.807, 2.05) is 12.1 Å². The number of carbonyl (C=O) groups excluding carboxylic acids is 1. The van der Waals surface area contributed by atoms with E-state index < -0.39 is 0 Å². The van der Waals surface area contributed by atoms with Crippen LogP contribution in [0.2, 0.25) is 5.02 Å². The van der Waals surface area contributed by atoms with E-state index in [1.165, 1.54) is 14.2 Å². The second kappa shape index (κ2) is 9.78. The second-order valence-corrected chi connectivity index (χ2v) is 7.89. The summed E-state index contributed by atoms with van der Waals surface area (Å²) in [4.78, 5) is 26.0. The molecule has 0 spiro atoms. The summed E-state index contributed by atoms with van der Waals surface area (Å²) in [5.41, 5.74) is 1.97. The Kier molecular flexibility index (Phi) is 7.12. The lowest BCUT2D eigenvalue weighted by Gasteiger charge is -2.26. The van der Waals surface area contributed by atoms with E-state index in [9.17, 15) is 4.79 Å². The van der Waals surface area contributed by atoms with Crippen LogP contribution in [0.5, 0.6) is 5.88 Å². The Bertz CT molecular complexity index is 1020. The predicted molar refractivity (Wildman–Crippen MR) is 119 cm³/mol. The average Bonchev–Trinajstić information content (AvgIpc) is 2.75. The van der Waals surface area contributed by atoms with Gasteiger partial charge in [0.25, 0.3) is 5.91 Å². The van der Waals surface area contributed by atoms with Crippen LogP contribution >= 0.6 is 11.6 Å². The molecule has 1 N–H and O–H groups in total. The molecule has 1 aromatic carbocycles. The van der Waals surface area contributed by atoms with E-state index in [0.717, 1.165) is 12.0 Å².